The number of aryl methyl sites for hydroxylation is 1. The first-order valence-electron chi connectivity index (χ1n) is 7.11. The van der Waals surface area contributed by atoms with E-state index < -0.39 is 0 Å². The Balaban J connectivity index is 1.65. The average Bonchev–Trinajstić information content (AvgIpc) is 2.47. The van der Waals surface area contributed by atoms with Crippen LogP contribution in [0.5, 0.6) is 5.75 Å². The molecule has 0 aromatic heterocycles. The lowest BCUT2D eigenvalue weighted by molar-refractivity contribution is -0.123. The van der Waals surface area contributed by atoms with E-state index in [0.717, 1.165) is 48.6 Å². The molecule has 1 amide bonds. The Hall–Kier alpha value is -1.11. The minimum absolute atomic E-state index is 0.0472. The molecule has 0 aliphatic carbocycles. The second-order valence-corrected chi connectivity index (χ2v) is 5.92. The van der Waals surface area contributed by atoms with E-state index in [9.17, 15) is 4.79 Å². The van der Waals surface area contributed by atoms with Crippen molar-refractivity contribution in [1.82, 2.24) is 10.2 Å². The lowest BCUT2D eigenvalue weighted by atomic mass is 10.2. The Labute approximate surface area is 133 Å². The zero-order chi connectivity index (χ0) is 15.1. The molecule has 21 heavy (non-hydrogen) atoms. The summed E-state index contributed by atoms with van der Waals surface area (Å²) in [5.74, 6) is 0.645. The molecule has 1 aromatic carbocycles. The summed E-state index contributed by atoms with van der Waals surface area (Å²) in [7, 11) is 0. The second-order valence-electron chi connectivity index (χ2n) is 5.00. The summed E-state index contributed by atoms with van der Waals surface area (Å²) in [6, 6.07) is 5.73. The van der Waals surface area contributed by atoms with E-state index in [2.05, 4.69) is 26.1 Å². The van der Waals surface area contributed by atoms with E-state index in [1.54, 1.807) is 0 Å². The van der Waals surface area contributed by atoms with Gasteiger partial charge in [0, 0.05) is 30.7 Å². The molecular weight excluding hydrogens is 336 g/mol. The van der Waals surface area contributed by atoms with Gasteiger partial charge in [0.1, 0.15) is 5.75 Å². The lowest BCUT2D eigenvalue weighted by Gasteiger charge is -2.26. The van der Waals surface area contributed by atoms with Crippen LogP contribution in [0.15, 0.2) is 22.7 Å². The number of hydrogen-bond acceptors (Lipinski definition) is 4. The molecule has 1 aliphatic heterocycles. The highest BCUT2D eigenvalue weighted by Crippen LogP contribution is 2.21. The van der Waals surface area contributed by atoms with Crippen molar-refractivity contribution < 1.29 is 14.3 Å². The molecular formula is C15H21BrN2O3. The van der Waals surface area contributed by atoms with Gasteiger partial charge in [-0.15, -0.1) is 0 Å². The highest BCUT2D eigenvalue weighted by Gasteiger charge is 2.10. The van der Waals surface area contributed by atoms with Gasteiger partial charge >= 0.3 is 0 Å². The van der Waals surface area contributed by atoms with Crippen LogP contribution >= 0.6 is 15.9 Å². The molecule has 1 aliphatic rings. The quantitative estimate of drug-likeness (QED) is 0.840. The number of nitrogens with zero attached hydrogens (tertiary/aromatic N) is 1. The van der Waals surface area contributed by atoms with Crippen LogP contribution in [0.4, 0.5) is 0 Å². The number of halogens is 1. The number of carbonyl (C=O) groups excluding carboxylic acids is 1. The van der Waals surface area contributed by atoms with E-state index in [1.807, 2.05) is 25.1 Å². The van der Waals surface area contributed by atoms with Crippen LogP contribution in [0.2, 0.25) is 0 Å². The molecule has 6 heteroatoms. The van der Waals surface area contributed by atoms with Crippen LogP contribution < -0.4 is 10.1 Å². The van der Waals surface area contributed by atoms with Gasteiger partial charge in [0.05, 0.1) is 13.2 Å². The van der Waals surface area contributed by atoms with Gasteiger partial charge in [-0.05, 0) is 30.7 Å². The fourth-order valence-corrected chi connectivity index (χ4v) is 2.62. The number of benzene rings is 1. The van der Waals surface area contributed by atoms with Crippen molar-refractivity contribution in [3.8, 4) is 5.75 Å². The summed E-state index contributed by atoms with van der Waals surface area (Å²) in [5.41, 5.74) is 1.01. The molecule has 0 saturated carbocycles. The maximum atomic E-state index is 11.7. The summed E-state index contributed by atoms with van der Waals surface area (Å²) in [4.78, 5) is 14.0. The van der Waals surface area contributed by atoms with Crippen molar-refractivity contribution in [2.45, 2.75) is 6.92 Å². The van der Waals surface area contributed by atoms with Crippen molar-refractivity contribution in [3.63, 3.8) is 0 Å². The van der Waals surface area contributed by atoms with Crippen molar-refractivity contribution in [3.05, 3.63) is 28.2 Å². The number of nitrogens with one attached hydrogen (secondary N) is 1. The Kier molecular flexibility index (Phi) is 6.48. The largest absolute Gasteiger partial charge is 0.484 e. The third-order valence-electron chi connectivity index (χ3n) is 3.35. The molecule has 1 saturated heterocycles. The standard InChI is InChI=1S/C15H21BrN2O3/c1-12-10-13(16)2-3-14(12)21-11-15(19)17-4-5-18-6-8-20-9-7-18/h2-3,10H,4-9,11H2,1H3,(H,17,19). The van der Waals surface area contributed by atoms with Crippen LogP contribution in [0.25, 0.3) is 0 Å². The van der Waals surface area contributed by atoms with Crippen LogP contribution in [-0.4, -0.2) is 56.8 Å². The second kappa shape index (κ2) is 8.36. The third-order valence-corrected chi connectivity index (χ3v) is 3.84. The number of ether oxygens (including phenoxy) is 2. The molecule has 0 bridgehead atoms. The maximum Gasteiger partial charge on any atom is 0.257 e. The van der Waals surface area contributed by atoms with E-state index >= 15 is 0 Å². The predicted octanol–water partition coefficient (Wildman–Crippen LogP) is 1.58. The summed E-state index contributed by atoms with van der Waals surface area (Å²) in [6.07, 6.45) is 0. The molecule has 116 valence electrons. The monoisotopic (exact) mass is 356 g/mol. The SMILES string of the molecule is Cc1cc(Br)ccc1OCC(=O)NCCN1CCOCC1. The summed E-state index contributed by atoms with van der Waals surface area (Å²) in [6.45, 7) is 6.92. The fraction of sp³-hybridized carbons (Fsp3) is 0.533. The Bertz CT molecular complexity index is 476. The molecule has 0 radical (unpaired) electrons. The van der Waals surface area contributed by atoms with Gasteiger partial charge in [-0.25, -0.2) is 0 Å². The average molecular weight is 357 g/mol. The van der Waals surface area contributed by atoms with Crippen molar-refractivity contribution in [2.75, 3.05) is 46.0 Å². The Morgan fingerprint density at radius 1 is 1.43 bits per heavy atom. The number of rotatable bonds is 6. The first-order valence-corrected chi connectivity index (χ1v) is 7.90. The first kappa shape index (κ1) is 16.3. The van der Waals surface area contributed by atoms with Gasteiger partial charge in [0.15, 0.2) is 6.61 Å². The maximum absolute atomic E-state index is 11.7. The van der Waals surface area contributed by atoms with E-state index in [0.29, 0.717) is 6.54 Å². The van der Waals surface area contributed by atoms with Crippen LogP contribution in [-0.2, 0) is 9.53 Å². The zero-order valence-corrected chi connectivity index (χ0v) is 13.8. The summed E-state index contributed by atoms with van der Waals surface area (Å²) < 4.78 is 11.8. The Morgan fingerprint density at radius 3 is 2.90 bits per heavy atom. The van der Waals surface area contributed by atoms with Gasteiger partial charge in [0.25, 0.3) is 5.91 Å². The van der Waals surface area contributed by atoms with E-state index in [4.69, 9.17) is 9.47 Å². The van der Waals surface area contributed by atoms with Gasteiger partial charge in [0.2, 0.25) is 0 Å². The molecule has 0 spiro atoms. The van der Waals surface area contributed by atoms with E-state index in [-0.39, 0.29) is 12.5 Å². The molecule has 0 atom stereocenters. The number of carbonyl (C=O) groups is 1. The number of amides is 1. The van der Waals surface area contributed by atoms with Gasteiger partial charge in [-0.2, -0.15) is 0 Å². The van der Waals surface area contributed by atoms with Crippen molar-refractivity contribution in [1.29, 1.82) is 0 Å². The summed E-state index contributed by atoms with van der Waals surface area (Å²) >= 11 is 3.40. The highest BCUT2D eigenvalue weighted by molar-refractivity contribution is 9.10. The predicted molar refractivity (Wildman–Crippen MR) is 84.6 cm³/mol. The fourth-order valence-electron chi connectivity index (χ4n) is 2.15. The summed E-state index contributed by atoms with van der Waals surface area (Å²) in [5, 5.41) is 2.88. The normalized spacial score (nSPS) is 15.7. The molecule has 1 N–H and O–H groups in total. The number of morpholine rings is 1. The van der Waals surface area contributed by atoms with Gasteiger partial charge < -0.3 is 14.8 Å². The van der Waals surface area contributed by atoms with Crippen LogP contribution in [0.1, 0.15) is 5.56 Å². The third kappa shape index (κ3) is 5.65. The molecule has 1 heterocycles. The van der Waals surface area contributed by atoms with E-state index in [1.165, 1.54) is 0 Å². The first-order chi connectivity index (χ1) is 10.1. The topological polar surface area (TPSA) is 50.8 Å². The smallest absolute Gasteiger partial charge is 0.257 e. The lowest BCUT2D eigenvalue weighted by Crippen LogP contribution is -2.42. The molecule has 5 nitrogen and oxygen atoms in total. The molecule has 1 fully saturated rings. The van der Waals surface area contributed by atoms with Crippen LogP contribution in [0.3, 0.4) is 0 Å². The van der Waals surface area contributed by atoms with Gasteiger partial charge in [-0.1, -0.05) is 15.9 Å². The highest BCUT2D eigenvalue weighted by atomic mass is 79.9. The molecule has 2 rings (SSSR count). The van der Waals surface area contributed by atoms with Crippen LogP contribution in [0, 0.1) is 6.92 Å². The minimum atomic E-state index is -0.0921. The Morgan fingerprint density at radius 2 is 2.19 bits per heavy atom. The zero-order valence-electron chi connectivity index (χ0n) is 12.2. The minimum Gasteiger partial charge on any atom is -0.484 e. The number of hydrogen-bond donors (Lipinski definition) is 1. The molecule has 1 aromatic rings. The molecule has 0 unspecified atom stereocenters. The van der Waals surface area contributed by atoms with Gasteiger partial charge in [-0.3, -0.25) is 9.69 Å². The van der Waals surface area contributed by atoms with Crippen molar-refractivity contribution >= 4 is 21.8 Å². The van der Waals surface area contributed by atoms with Crippen molar-refractivity contribution in [2.24, 2.45) is 0 Å².